The molecule has 2 N–H and O–H groups in total. The maximum absolute atomic E-state index is 12.1. The Morgan fingerprint density at radius 3 is 1.96 bits per heavy atom. The van der Waals surface area contributed by atoms with Crippen molar-refractivity contribution in [1.29, 1.82) is 0 Å². The summed E-state index contributed by atoms with van der Waals surface area (Å²) in [4.78, 5) is 23.8. The summed E-state index contributed by atoms with van der Waals surface area (Å²) in [5, 5.41) is 5.65. The third-order valence-electron chi connectivity index (χ3n) is 3.46. The number of nitrogens with one attached hydrogen (secondary N) is 2. The van der Waals surface area contributed by atoms with E-state index < -0.39 is 6.10 Å². The van der Waals surface area contributed by atoms with Crippen molar-refractivity contribution in [3.05, 3.63) is 24.3 Å². The number of amides is 2. The van der Waals surface area contributed by atoms with E-state index in [1.165, 1.54) is 0 Å². The van der Waals surface area contributed by atoms with E-state index in [-0.39, 0.29) is 11.8 Å². The SMILES string of the molecule is CC(C)CCO[C@@H](C)C(=O)Nc1ccc(NC(=O)CC(C)C)cc1. The van der Waals surface area contributed by atoms with Crippen molar-refractivity contribution in [2.45, 2.75) is 53.6 Å². The van der Waals surface area contributed by atoms with Crippen molar-refractivity contribution in [1.82, 2.24) is 0 Å². The lowest BCUT2D eigenvalue weighted by Crippen LogP contribution is -2.28. The lowest BCUT2D eigenvalue weighted by Gasteiger charge is -2.14. The largest absolute Gasteiger partial charge is 0.369 e. The summed E-state index contributed by atoms with van der Waals surface area (Å²) >= 11 is 0. The summed E-state index contributed by atoms with van der Waals surface area (Å²) in [5.74, 6) is 0.698. The van der Waals surface area contributed by atoms with Gasteiger partial charge in [0.2, 0.25) is 5.91 Å². The van der Waals surface area contributed by atoms with Crippen LogP contribution in [0.15, 0.2) is 24.3 Å². The van der Waals surface area contributed by atoms with Crippen LogP contribution >= 0.6 is 0 Å². The van der Waals surface area contributed by atoms with Crippen LogP contribution in [0.2, 0.25) is 0 Å². The molecule has 0 fully saturated rings. The minimum Gasteiger partial charge on any atom is -0.369 e. The van der Waals surface area contributed by atoms with Crippen LogP contribution in [0.25, 0.3) is 0 Å². The van der Waals surface area contributed by atoms with Crippen LogP contribution in [0, 0.1) is 11.8 Å². The highest BCUT2D eigenvalue weighted by Gasteiger charge is 2.13. The van der Waals surface area contributed by atoms with E-state index in [0.29, 0.717) is 30.6 Å². The molecule has 134 valence electrons. The molecule has 0 aliphatic carbocycles. The Hall–Kier alpha value is -1.88. The predicted molar refractivity (Wildman–Crippen MR) is 98.0 cm³/mol. The van der Waals surface area contributed by atoms with Gasteiger partial charge in [-0.05, 0) is 49.4 Å². The van der Waals surface area contributed by atoms with Gasteiger partial charge in [0, 0.05) is 24.4 Å². The fourth-order valence-corrected chi connectivity index (χ4v) is 2.02. The molecule has 0 aliphatic rings. The third kappa shape index (κ3) is 8.11. The van der Waals surface area contributed by atoms with Crippen molar-refractivity contribution >= 4 is 23.2 Å². The van der Waals surface area contributed by atoms with Crippen molar-refractivity contribution in [3.8, 4) is 0 Å². The van der Waals surface area contributed by atoms with Crippen molar-refractivity contribution in [3.63, 3.8) is 0 Å². The zero-order chi connectivity index (χ0) is 18.1. The minimum absolute atomic E-state index is 0.00559. The number of hydrogen-bond acceptors (Lipinski definition) is 3. The molecule has 0 bridgehead atoms. The fraction of sp³-hybridized carbons (Fsp3) is 0.579. The normalized spacial score (nSPS) is 12.3. The second kappa shape index (κ2) is 10.1. The molecule has 0 unspecified atom stereocenters. The van der Waals surface area contributed by atoms with Crippen LogP contribution in [0.1, 0.15) is 47.5 Å². The molecule has 0 saturated heterocycles. The van der Waals surface area contributed by atoms with Crippen LogP contribution in [0.3, 0.4) is 0 Å². The Morgan fingerprint density at radius 2 is 1.46 bits per heavy atom. The summed E-state index contributed by atoms with van der Waals surface area (Å²) < 4.78 is 5.53. The van der Waals surface area contributed by atoms with Crippen molar-refractivity contribution < 1.29 is 14.3 Å². The van der Waals surface area contributed by atoms with Gasteiger partial charge in [-0.15, -0.1) is 0 Å². The molecule has 0 aliphatic heterocycles. The van der Waals surface area contributed by atoms with E-state index in [9.17, 15) is 9.59 Å². The van der Waals surface area contributed by atoms with Crippen LogP contribution in [-0.4, -0.2) is 24.5 Å². The molecule has 2 amide bonds. The summed E-state index contributed by atoms with van der Waals surface area (Å²) in [7, 11) is 0. The van der Waals surface area contributed by atoms with Gasteiger partial charge in [-0.2, -0.15) is 0 Å². The molecule has 0 spiro atoms. The van der Waals surface area contributed by atoms with Gasteiger partial charge < -0.3 is 15.4 Å². The first-order valence-corrected chi connectivity index (χ1v) is 8.60. The highest BCUT2D eigenvalue weighted by Crippen LogP contribution is 2.15. The van der Waals surface area contributed by atoms with Crippen LogP contribution in [0.4, 0.5) is 11.4 Å². The predicted octanol–water partition coefficient (Wildman–Crippen LogP) is 4.06. The van der Waals surface area contributed by atoms with Gasteiger partial charge in [0.15, 0.2) is 0 Å². The quantitative estimate of drug-likeness (QED) is 0.715. The average Bonchev–Trinajstić information content (AvgIpc) is 2.47. The van der Waals surface area contributed by atoms with E-state index in [4.69, 9.17) is 4.74 Å². The van der Waals surface area contributed by atoms with Crippen LogP contribution in [-0.2, 0) is 14.3 Å². The number of carbonyl (C=O) groups excluding carboxylic acids is 2. The Kier molecular flexibility index (Phi) is 8.47. The second-order valence-electron chi connectivity index (χ2n) is 6.91. The van der Waals surface area contributed by atoms with Crippen LogP contribution < -0.4 is 10.6 Å². The maximum atomic E-state index is 12.1. The molecule has 5 nitrogen and oxygen atoms in total. The smallest absolute Gasteiger partial charge is 0.253 e. The summed E-state index contributed by atoms with van der Waals surface area (Å²) in [6.07, 6.45) is 0.931. The standard InChI is InChI=1S/C19H30N2O3/c1-13(2)10-11-24-15(5)19(23)21-17-8-6-16(7-9-17)20-18(22)12-14(3)4/h6-9,13-15H,10-12H2,1-5H3,(H,20,22)(H,21,23)/t15-/m0/s1. The first kappa shape index (κ1) is 20.2. The highest BCUT2D eigenvalue weighted by molar-refractivity contribution is 5.94. The molecule has 1 aromatic rings. The topological polar surface area (TPSA) is 67.4 Å². The Morgan fingerprint density at radius 1 is 0.917 bits per heavy atom. The molecular formula is C19H30N2O3. The molecule has 0 radical (unpaired) electrons. The number of carbonyl (C=O) groups is 2. The van der Waals surface area contributed by atoms with E-state index in [1.54, 1.807) is 31.2 Å². The first-order chi connectivity index (χ1) is 11.3. The van der Waals surface area contributed by atoms with E-state index in [1.807, 2.05) is 13.8 Å². The lowest BCUT2D eigenvalue weighted by molar-refractivity contribution is -0.126. The number of ether oxygens (including phenoxy) is 1. The summed E-state index contributed by atoms with van der Waals surface area (Å²) in [6, 6.07) is 7.09. The molecule has 1 aromatic carbocycles. The molecule has 0 heterocycles. The second-order valence-corrected chi connectivity index (χ2v) is 6.91. The van der Waals surface area contributed by atoms with Gasteiger partial charge in [-0.3, -0.25) is 9.59 Å². The molecule has 24 heavy (non-hydrogen) atoms. The lowest BCUT2D eigenvalue weighted by atomic mass is 10.1. The van der Waals surface area contributed by atoms with E-state index >= 15 is 0 Å². The van der Waals surface area contributed by atoms with Gasteiger partial charge >= 0.3 is 0 Å². The summed E-state index contributed by atoms with van der Waals surface area (Å²) in [6.45, 7) is 10.6. The Balaban J connectivity index is 2.45. The van der Waals surface area contributed by atoms with Crippen LogP contribution in [0.5, 0.6) is 0 Å². The van der Waals surface area contributed by atoms with Gasteiger partial charge in [-0.25, -0.2) is 0 Å². The number of benzene rings is 1. The van der Waals surface area contributed by atoms with E-state index in [0.717, 1.165) is 12.1 Å². The van der Waals surface area contributed by atoms with Gasteiger partial charge in [0.05, 0.1) is 0 Å². The van der Waals surface area contributed by atoms with Crippen molar-refractivity contribution in [2.75, 3.05) is 17.2 Å². The number of anilines is 2. The zero-order valence-corrected chi connectivity index (χ0v) is 15.4. The highest BCUT2D eigenvalue weighted by atomic mass is 16.5. The van der Waals surface area contributed by atoms with Gasteiger partial charge in [-0.1, -0.05) is 27.7 Å². The molecule has 0 aromatic heterocycles. The molecule has 1 atom stereocenters. The Labute approximate surface area is 145 Å². The fourth-order valence-electron chi connectivity index (χ4n) is 2.02. The first-order valence-electron chi connectivity index (χ1n) is 8.60. The molecule has 5 heteroatoms. The Bertz CT molecular complexity index is 524. The molecule has 1 rings (SSSR count). The molecule has 0 saturated carbocycles. The summed E-state index contributed by atoms with van der Waals surface area (Å²) in [5.41, 5.74) is 1.40. The minimum atomic E-state index is -0.492. The third-order valence-corrected chi connectivity index (χ3v) is 3.46. The van der Waals surface area contributed by atoms with Gasteiger partial charge in [0.1, 0.15) is 6.10 Å². The van der Waals surface area contributed by atoms with Gasteiger partial charge in [0.25, 0.3) is 5.91 Å². The van der Waals surface area contributed by atoms with Crippen molar-refractivity contribution in [2.24, 2.45) is 11.8 Å². The average molecular weight is 334 g/mol. The number of hydrogen-bond donors (Lipinski definition) is 2. The monoisotopic (exact) mass is 334 g/mol. The zero-order valence-electron chi connectivity index (χ0n) is 15.4. The van der Waals surface area contributed by atoms with E-state index in [2.05, 4.69) is 24.5 Å². The molecular weight excluding hydrogens is 304 g/mol. The maximum Gasteiger partial charge on any atom is 0.253 e. The number of rotatable bonds is 9.